The summed E-state index contributed by atoms with van der Waals surface area (Å²) in [4.78, 5) is 4.16. The van der Waals surface area contributed by atoms with Gasteiger partial charge in [-0.3, -0.25) is 0 Å². The van der Waals surface area contributed by atoms with E-state index in [4.69, 9.17) is 10.3 Å². The fourth-order valence-corrected chi connectivity index (χ4v) is 2.17. The van der Waals surface area contributed by atoms with Gasteiger partial charge in [-0.1, -0.05) is 11.6 Å². The smallest absolute Gasteiger partial charge is 0.372 e. The van der Waals surface area contributed by atoms with Crippen LogP contribution in [0, 0.1) is 0 Å². The second-order valence-electron chi connectivity index (χ2n) is 4.67. The van der Waals surface area contributed by atoms with Crippen LogP contribution < -0.4 is 5.73 Å². The molecule has 1 aromatic rings. The molecule has 0 aromatic carbocycles. The Bertz CT molecular complexity index is 408. The first kappa shape index (κ1) is 14.3. The maximum atomic E-state index is 11.8. The van der Waals surface area contributed by atoms with Gasteiger partial charge in [-0.05, 0) is 12.8 Å². The van der Waals surface area contributed by atoms with Gasteiger partial charge in [0.1, 0.15) is 6.61 Å². The molecular formula is C11H16F3N3O2. The van der Waals surface area contributed by atoms with E-state index in [1.165, 1.54) is 0 Å². The molecule has 1 aliphatic carbocycles. The van der Waals surface area contributed by atoms with E-state index >= 15 is 0 Å². The molecule has 1 aliphatic rings. The first-order chi connectivity index (χ1) is 8.96. The van der Waals surface area contributed by atoms with Crippen molar-refractivity contribution in [3.63, 3.8) is 0 Å². The molecule has 0 amide bonds. The zero-order valence-electron chi connectivity index (χ0n) is 10.3. The van der Waals surface area contributed by atoms with Crippen molar-refractivity contribution in [2.75, 3.05) is 13.2 Å². The third-order valence-corrected chi connectivity index (χ3v) is 3.11. The van der Waals surface area contributed by atoms with E-state index in [1.807, 2.05) is 0 Å². The van der Waals surface area contributed by atoms with E-state index in [0.29, 0.717) is 11.7 Å². The van der Waals surface area contributed by atoms with Crippen molar-refractivity contribution in [2.45, 2.75) is 43.8 Å². The van der Waals surface area contributed by atoms with Crippen molar-refractivity contribution in [1.82, 2.24) is 10.1 Å². The SMILES string of the molecule is NC1CCCC1c1nc(CCOCC(F)(F)F)no1. The summed E-state index contributed by atoms with van der Waals surface area (Å²) in [6.45, 7) is -1.35. The summed E-state index contributed by atoms with van der Waals surface area (Å²) in [5, 5.41) is 3.73. The van der Waals surface area contributed by atoms with Crippen molar-refractivity contribution < 1.29 is 22.4 Å². The topological polar surface area (TPSA) is 74.2 Å². The van der Waals surface area contributed by atoms with Gasteiger partial charge in [0.05, 0.1) is 12.5 Å². The molecule has 0 aliphatic heterocycles. The largest absolute Gasteiger partial charge is 0.411 e. The maximum absolute atomic E-state index is 11.8. The zero-order valence-corrected chi connectivity index (χ0v) is 10.3. The number of nitrogens with zero attached hydrogens (tertiary/aromatic N) is 2. The van der Waals surface area contributed by atoms with Crippen LogP contribution in [0.4, 0.5) is 13.2 Å². The Labute approximate surface area is 108 Å². The van der Waals surface area contributed by atoms with Crippen LogP contribution in [0.15, 0.2) is 4.52 Å². The lowest BCUT2D eigenvalue weighted by molar-refractivity contribution is -0.173. The number of alkyl halides is 3. The summed E-state index contributed by atoms with van der Waals surface area (Å²) < 4.78 is 45.1. The third-order valence-electron chi connectivity index (χ3n) is 3.11. The van der Waals surface area contributed by atoms with E-state index in [2.05, 4.69) is 14.9 Å². The van der Waals surface area contributed by atoms with Crippen LogP contribution in [0.1, 0.15) is 36.9 Å². The van der Waals surface area contributed by atoms with Gasteiger partial charge >= 0.3 is 6.18 Å². The predicted octanol–water partition coefficient (Wildman–Crippen LogP) is 1.79. The average Bonchev–Trinajstić information content (AvgIpc) is 2.91. The second kappa shape index (κ2) is 5.87. The number of nitrogens with two attached hydrogens (primary N) is 1. The fourth-order valence-electron chi connectivity index (χ4n) is 2.17. The first-order valence-electron chi connectivity index (χ1n) is 6.18. The molecule has 108 valence electrons. The van der Waals surface area contributed by atoms with Gasteiger partial charge in [-0.25, -0.2) is 0 Å². The minimum Gasteiger partial charge on any atom is -0.372 e. The van der Waals surface area contributed by atoms with Gasteiger partial charge < -0.3 is 15.0 Å². The van der Waals surface area contributed by atoms with Crippen LogP contribution in [0.3, 0.4) is 0 Å². The van der Waals surface area contributed by atoms with Gasteiger partial charge in [-0.2, -0.15) is 18.2 Å². The number of aromatic nitrogens is 2. The van der Waals surface area contributed by atoms with E-state index in [-0.39, 0.29) is 25.0 Å². The molecule has 2 N–H and O–H groups in total. The van der Waals surface area contributed by atoms with Crippen molar-refractivity contribution in [3.05, 3.63) is 11.7 Å². The minimum atomic E-state index is -4.31. The zero-order chi connectivity index (χ0) is 13.9. The van der Waals surface area contributed by atoms with Crippen molar-refractivity contribution in [1.29, 1.82) is 0 Å². The molecule has 2 rings (SSSR count). The third kappa shape index (κ3) is 4.17. The lowest BCUT2D eigenvalue weighted by atomic mass is 10.1. The summed E-state index contributed by atoms with van der Waals surface area (Å²) >= 11 is 0. The molecule has 1 aromatic heterocycles. The van der Waals surface area contributed by atoms with Crippen molar-refractivity contribution >= 4 is 0 Å². The van der Waals surface area contributed by atoms with Crippen LogP contribution in [0.25, 0.3) is 0 Å². The number of halogens is 3. The summed E-state index contributed by atoms with van der Waals surface area (Å²) in [7, 11) is 0. The molecule has 0 bridgehead atoms. The van der Waals surface area contributed by atoms with Crippen LogP contribution in [0.2, 0.25) is 0 Å². The van der Waals surface area contributed by atoms with Crippen LogP contribution in [-0.4, -0.2) is 35.6 Å². The monoisotopic (exact) mass is 279 g/mol. The molecule has 0 spiro atoms. The Balaban J connectivity index is 1.78. The molecule has 1 saturated carbocycles. The highest BCUT2D eigenvalue weighted by Crippen LogP contribution is 2.32. The number of hydrogen-bond acceptors (Lipinski definition) is 5. The van der Waals surface area contributed by atoms with E-state index in [0.717, 1.165) is 19.3 Å². The Hall–Kier alpha value is -1.15. The van der Waals surface area contributed by atoms with Gasteiger partial charge in [0.2, 0.25) is 5.89 Å². The van der Waals surface area contributed by atoms with Gasteiger partial charge in [0.15, 0.2) is 5.82 Å². The molecular weight excluding hydrogens is 263 g/mol. The van der Waals surface area contributed by atoms with Gasteiger partial charge in [0, 0.05) is 12.5 Å². The normalized spacial score (nSPS) is 24.0. The number of ether oxygens (including phenoxy) is 1. The quantitative estimate of drug-likeness (QED) is 0.832. The molecule has 5 nitrogen and oxygen atoms in total. The Morgan fingerprint density at radius 3 is 2.79 bits per heavy atom. The van der Waals surface area contributed by atoms with E-state index in [9.17, 15) is 13.2 Å². The minimum absolute atomic E-state index is 0.0229. The van der Waals surface area contributed by atoms with Crippen LogP contribution in [0.5, 0.6) is 0 Å². The summed E-state index contributed by atoms with van der Waals surface area (Å²) in [6, 6.07) is 0.0229. The van der Waals surface area contributed by atoms with Crippen LogP contribution in [-0.2, 0) is 11.2 Å². The molecule has 0 radical (unpaired) electrons. The fraction of sp³-hybridized carbons (Fsp3) is 0.818. The molecule has 0 saturated heterocycles. The standard InChI is InChI=1S/C11H16F3N3O2/c12-11(13,14)6-18-5-4-9-16-10(19-17-9)7-2-1-3-8(7)15/h7-8H,1-6,15H2. The predicted molar refractivity (Wildman–Crippen MR) is 59.4 cm³/mol. The number of rotatable bonds is 5. The van der Waals surface area contributed by atoms with Crippen molar-refractivity contribution in [3.8, 4) is 0 Å². The first-order valence-corrected chi connectivity index (χ1v) is 6.18. The summed E-state index contributed by atoms with van der Waals surface area (Å²) in [5.41, 5.74) is 5.91. The highest BCUT2D eigenvalue weighted by atomic mass is 19.4. The van der Waals surface area contributed by atoms with E-state index in [1.54, 1.807) is 0 Å². The highest BCUT2D eigenvalue weighted by molar-refractivity contribution is 5.02. The summed E-state index contributed by atoms with van der Waals surface area (Å²) in [6.07, 6.45) is -1.25. The second-order valence-corrected chi connectivity index (χ2v) is 4.67. The Morgan fingerprint density at radius 1 is 1.37 bits per heavy atom. The van der Waals surface area contributed by atoms with Gasteiger partial charge in [-0.15, -0.1) is 0 Å². The lowest BCUT2D eigenvalue weighted by Crippen LogP contribution is -2.23. The average molecular weight is 279 g/mol. The molecule has 1 fully saturated rings. The number of hydrogen-bond donors (Lipinski definition) is 1. The molecule has 8 heteroatoms. The molecule has 1 heterocycles. The van der Waals surface area contributed by atoms with Crippen LogP contribution >= 0.6 is 0 Å². The van der Waals surface area contributed by atoms with Gasteiger partial charge in [0.25, 0.3) is 0 Å². The van der Waals surface area contributed by atoms with E-state index < -0.39 is 12.8 Å². The lowest BCUT2D eigenvalue weighted by Gasteiger charge is -2.08. The molecule has 19 heavy (non-hydrogen) atoms. The Morgan fingerprint density at radius 2 is 2.16 bits per heavy atom. The molecule has 2 atom stereocenters. The summed E-state index contributed by atoms with van der Waals surface area (Å²) in [5.74, 6) is 0.907. The maximum Gasteiger partial charge on any atom is 0.411 e. The molecule has 2 unspecified atom stereocenters. The highest BCUT2D eigenvalue weighted by Gasteiger charge is 2.30. The van der Waals surface area contributed by atoms with Crippen molar-refractivity contribution in [2.24, 2.45) is 5.73 Å². The Kier molecular flexibility index (Phi) is 4.41.